The van der Waals surface area contributed by atoms with Crippen molar-refractivity contribution in [3.63, 3.8) is 0 Å². The van der Waals surface area contributed by atoms with Crippen molar-refractivity contribution in [3.8, 4) is 39.4 Å². The molecule has 0 unspecified atom stereocenters. The predicted molar refractivity (Wildman–Crippen MR) is 166 cm³/mol. The number of halogens is 1. The molecule has 0 aliphatic rings. The minimum absolute atomic E-state index is 0.0169. The third-order valence-corrected chi connectivity index (χ3v) is 6.68. The van der Waals surface area contributed by atoms with Crippen molar-refractivity contribution in [2.45, 2.75) is 0 Å². The molecule has 0 aliphatic carbocycles. The number of aromatic nitrogens is 1. The Hall–Kier alpha value is -4.60. The van der Waals surface area contributed by atoms with E-state index < -0.39 is 89.7 Å². The molecule has 0 amide bonds. The van der Waals surface area contributed by atoms with Crippen molar-refractivity contribution in [3.05, 3.63) is 150 Å². The molecular formula is C36H24BrNO. The largest absolute Gasteiger partial charge is 0.456 e. The number of hydrogen-bond donors (Lipinski definition) is 0. The first-order valence-corrected chi connectivity index (χ1v) is 12.4. The fourth-order valence-electron chi connectivity index (χ4n) is 4.26. The van der Waals surface area contributed by atoms with Gasteiger partial charge in [0.15, 0.2) is 0 Å². The topological polar surface area (TPSA) is 14.2 Å². The predicted octanol–water partition coefficient (Wildman–Crippen LogP) is 10.7. The number of fused-ring (bicyclic) bond motifs is 3. The normalized spacial score (nSPS) is 16.9. The van der Waals surface area contributed by atoms with Crippen molar-refractivity contribution in [1.29, 1.82) is 0 Å². The third kappa shape index (κ3) is 4.41. The van der Waals surface area contributed by atoms with Crippen LogP contribution in [-0.2, 0) is 0 Å². The highest BCUT2D eigenvalue weighted by Crippen LogP contribution is 2.38. The highest BCUT2D eigenvalue weighted by atomic mass is 79.9. The molecule has 1 aromatic heterocycles. The van der Waals surface area contributed by atoms with Gasteiger partial charge < -0.3 is 9.30 Å². The highest BCUT2D eigenvalue weighted by molar-refractivity contribution is 9.10. The second kappa shape index (κ2) is 9.94. The summed E-state index contributed by atoms with van der Waals surface area (Å²) in [5.74, 6) is 0.528. The maximum Gasteiger partial charge on any atom is 0.143 e. The van der Waals surface area contributed by atoms with Crippen molar-refractivity contribution in [2.75, 3.05) is 0 Å². The first kappa shape index (κ1) is 12.1. The van der Waals surface area contributed by atoms with Crippen molar-refractivity contribution in [2.24, 2.45) is 0 Å². The second-order valence-electron chi connectivity index (χ2n) is 8.35. The maximum absolute atomic E-state index is 9.32. The van der Waals surface area contributed by atoms with Gasteiger partial charge in [-0.15, -0.1) is 0 Å². The molecule has 1 heterocycles. The quantitative estimate of drug-likeness (QED) is 0.197. The Morgan fingerprint density at radius 2 is 1.26 bits per heavy atom. The molecule has 0 aliphatic heterocycles. The minimum Gasteiger partial charge on any atom is -0.456 e. The highest BCUT2D eigenvalue weighted by Gasteiger charge is 2.15. The smallest absolute Gasteiger partial charge is 0.143 e. The molecule has 7 aromatic rings. The summed E-state index contributed by atoms with van der Waals surface area (Å²) in [4.78, 5) is 0. The Balaban J connectivity index is 1.43. The number of rotatable bonds is 5. The van der Waals surface area contributed by atoms with Crippen LogP contribution in [0.3, 0.4) is 0 Å². The van der Waals surface area contributed by atoms with E-state index in [0.29, 0.717) is 21.5 Å². The van der Waals surface area contributed by atoms with Crippen LogP contribution in [0.15, 0.2) is 150 Å². The van der Waals surface area contributed by atoms with E-state index >= 15 is 0 Å². The van der Waals surface area contributed by atoms with Crippen LogP contribution in [0.2, 0.25) is 0 Å². The molecule has 6 aromatic carbocycles. The monoisotopic (exact) mass is 581 g/mol. The third-order valence-electron chi connectivity index (χ3n) is 6.03. The van der Waals surface area contributed by atoms with Crippen LogP contribution in [0, 0.1) is 0 Å². The summed E-state index contributed by atoms with van der Waals surface area (Å²) in [6.45, 7) is 0. The summed E-state index contributed by atoms with van der Waals surface area (Å²) < 4.78 is 143. The van der Waals surface area contributed by atoms with Crippen LogP contribution >= 0.6 is 15.9 Å². The molecule has 7 rings (SSSR count). The Bertz CT molecular complexity index is 2760. The molecule has 2 nitrogen and oxygen atoms in total. The van der Waals surface area contributed by atoms with Gasteiger partial charge in [-0.1, -0.05) is 96.7 Å². The van der Waals surface area contributed by atoms with Crippen LogP contribution in [0.1, 0.15) is 21.9 Å². The lowest BCUT2D eigenvalue weighted by atomic mass is 10.0. The lowest BCUT2D eigenvalue weighted by molar-refractivity contribution is 0.479. The average molecular weight is 583 g/mol. The first-order chi connectivity index (χ1) is 25.9. The van der Waals surface area contributed by atoms with Gasteiger partial charge in [0.2, 0.25) is 0 Å². The molecule has 0 saturated heterocycles. The molecule has 0 N–H and O–H groups in total. The first-order valence-electron chi connectivity index (χ1n) is 19.7. The van der Waals surface area contributed by atoms with E-state index in [1.807, 2.05) is 0 Å². The van der Waals surface area contributed by atoms with Crippen LogP contribution in [0.4, 0.5) is 0 Å². The van der Waals surface area contributed by atoms with Gasteiger partial charge in [-0.3, -0.25) is 0 Å². The summed E-state index contributed by atoms with van der Waals surface area (Å²) in [5, 5.41) is -0.110. The zero-order chi connectivity index (χ0) is 40.1. The van der Waals surface area contributed by atoms with Crippen LogP contribution in [0.5, 0.6) is 11.5 Å². The van der Waals surface area contributed by atoms with E-state index in [0.717, 1.165) is 0 Å². The van der Waals surface area contributed by atoms with E-state index in [1.165, 1.54) is 10.6 Å². The number of ether oxygens (including phenoxy) is 1. The van der Waals surface area contributed by atoms with E-state index in [9.17, 15) is 2.74 Å². The number of nitrogens with zero attached hydrogens (tertiary/aromatic N) is 1. The van der Waals surface area contributed by atoms with Gasteiger partial charge in [0.05, 0.1) is 37.4 Å². The Morgan fingerprint density at radius 1 is 0.564 bits per heavy atom. The molecule has 3 heteroatoms. The molecule has 0 saturated carbocycles. The van der Waals surface area contributed by atoms with E-state index in [-0.39, 0.29) is 51.2 Å². The van der Waals surface area contributed by atoms with Crippen molar-refractivity contribution < 1.29 is 26.7 Å². The zero-order valence-corrected chi connectivity index (χ0v) is 21.4. The van der Waals surface area contributed by atoms with Crippen LogP contribution in [0.25, 0.3) is 49.7 Å². The number of para-hydroxylation sites is 1. The molecular weight excluding hydrogens is 542 g/mol. The van der Waals surface area contributed by atoms with Gasteiger partial charge in [0.1, 0.15) is 11.5 Å². The van der Waals surface area contributed by atoms with Gasteiger partial charge in [0, 0.05) is 22.5 Å². The molecule has 186 valence electrons. The standard InChI is InChI=1S/C36H24BrNO/c37-33-21-18-29(24-36(33)39-30-19-15-27(16-20-30)25-9-3-1-4-10-25)38-34-14-8-7-13-31(34)32-23-28(17-22-35(32)38)26-11-5-2-6-12-26/h1-24H/i1D,2D,3D,4D,5D,6D,7D,8D,9D,10D,11D,12D,13D,17D,22D,23D. The number of hydrogen-bond acceptors (Lipinski definition) is 1. The van der Waals surface area contributed by atoms with Gasteiger partial charge in [0.25, 0.3) is 0 Å². The van der Waals surface area contributed by atoms with Crippen LogP contribution < -0.4 is 4.74 Å². The zero-order valence-electron chi connectivity index (χ0n) is 35.9. The molecule has 0 bridgehead atoms. The molecule has 0 radical (unpaired) electrons. The summed E-state index contributed by atoms with van der Waals surface area (Å²) >= 11 is 3.48. The molecule has 0 fully saturated rings. The summed E-state index contributed by atoms with van der Waals surface area (Å²) in [7, 11) is 0. The second-order valence-corrected chi connectivity index (χ2v) is 9.20. The van der Waals surface area contributed by atoms with E-state index in [1.54, 1.807) is 42.5 Å². The van der Waals surface area contributed by atoms with Crippen molar-refractivity contribution >= 4 is 37.7 Å². The van der Waals surface area contributed by atoms with E-state index in [4.69, 9.17) is 23.9 Å². The Labute approximate surface area is 258 Å². The maximum atomic E-state index is 9.32. The van der Waals surface area contributed by atoms with Crippen LogP contribution in [-0.4, -0.2) is 4.57 Å². The average Bonchev–Trinajstić information content (AvgIpc) is 3.51. The SMILES string of the molecule is [2H]c1cc2c(c([2H])c1[2H])c1c([2H])c(-c3c([2H])c([2H])c([2H])c([2H])c3[2H])c([2H])c([2H])c1n2-c1ccc(Br)c(Oc2ccc(-c3c([2H])c([2H])c([2H])c([2H])c3[2H])cc2)c1. The summed E-state index contributed by atoms with van der Waals surface area (Å²) in [6, 6.07) is 3.87. The Morgan fingerprint density at radius 3 is 2.00 bits per heavy atom. The van der Waals surface area contributed by atoms with E-state index in [2.05, 4.69) is 15.9 Å². The number of benzene rings is 6. The summed E-state index contributed by atoms with van der Waals surface area (Å²) in [6.07, 6.45) is 0. The fraction of sp³-hybridized carbons (Fsp3) is 0. The summed E-state index contributed by atoms with van der Waals surface area (Å²) in [5.41, 5.74) is -0.114. The van der Waals surface area contributed by atoms with Crippen molar-refractivity contribution in [1.82, 2.24) is 4.57 Å². The van der Waals surface area contributed by atoms with Gasteiger partial charge in [-0.2, -0.15) is 0 Å². The lowest BCUT2D eigenvalue weighted by Gasteiger charge is -2.13. The lowest BCUT2D eigenvalue weighted by Crippen LogP contribution is -1.95. The minimum atomic E-state index is -0.691. The molecule has 0 atom stereocenters. The molecule has 0 spiro atoms. The van der Waals surface area contributed by atoms with Gasteiger partial charge >= 0.3 is 0 Å². The van der Waals surface area contributed by atoms with Gasteiger partial charge in [-0.05, 0) is 80.6 Å². The molecule has 39 heavy (non-hydrogen) atoms. The fourth-order valence-corrected chi connectivity index (χ4v) is 4.59. The Kier molecular flexibility index (Phi) is 3.07. The van der Waals surface area contributed by atoms with Gasteiger partial charge in [-0.25, -0.2) is 0 Å².